The molecule has 1 aromatic heterocycles. The Kier molecular flexibility index (Phi) is 5.89. The van der Waals surface area contributed by atoms with E-state index in [0.29, 0.717) is 5.92 Å². The monoisotopic (exact) mass is 250 g/mol. The predicted octanol–water partition coefficient (Wildman–Crippen LogP) is 3.55. The van der Waals surface area contributed by atoms with Gasteiger partial charge in [-0.25, -0.2) is 9.97 Å². The summed E-state index contributed by atoms with van der Waals surface area (Å²) in [6, 6.07) is 0. The second-order valence-electron chi connectivity index (χ2n) is 4.91. The molecule has 102 valence electrons. The van der Waals surface area contributed by atoms with Gasteiger partial charge >= 0.3 is 0 Å². The molecule has 0 spiro atoms. The van der Waals surface area contributed by atoms with Gasteiger partial charge in [-0.1, -0.05) is 27.7 Å². The Morgan fingerprint density at radius 3 is 1.72 bits per heavy atom. The molecule has 1 rings (SSSR count). The molecule has 0 aliphatic carbocycles. The third-order valence-corrected chi connectivity index (χ3v) is 2.76. The third kappa shape index (κ3) is 3.86. The van der Waals surface area contributed by atoms with Crippen LogP contribution in [0.25, 0.3) is 0 Å². The van der Waals surface area contributed by atoms with Crippen molar-refractivity contribution in [1.29, 1.82) is 0 Å². The maximum absolute atomic E-state index is 4.62. The maximum Gasteiger partial charge on any atom is 0.135 e. The average Bonchev–Trinajstić information content (AvgIpc) is 2.35. The lowest BCUT2D eigenvalue weighted by atomic mass is 10.2. The van der Waals surface area contributed by atoms with Crippen LogP contribution in [-0.2, 0) is 0 Å². The molecule has 1 aromatic rings. The Bertz CT molecular complexity index is 345. The van der Waals surface area contributed by atoms with Gasteiger partial charge in [-0.05, 0) is 19.8 Å². The van der Waals surface area contributed by atoms with Gasteiger partial charge in [0, 0.05) is 24.6 Å². The van der Waals surface area contributed by atoms with Crippen LogP contribution in [-0.4, -0.2) is 23.1 Å². The van der Waals surface area contributed by atoms with Crippen molar-refractivity contribution in [3.8, 4) is 0 Å². The Morgan fingerprint density at radius 2 is 1.39 bits per heavy atom. The molecule has 18 heavy (non-hydrogen) atoms. The van der Waals surface area contributed by atoms with E-state index in [4.69, 9.17) is 0 Å². The summed E-state index contributed by atoms with van der Waals surface area (Å²) in [7, 11) is 0. The van der Waals surface area contributed by atoms with Gasteiger partial charge in [0.05, 0.1) is 0 Å². The summed E-state index contributed by atoms with van der Waals surface area (Å²) >= 11 is 0. The first-order valence-corrected chi connectivity index (χ1v) is 6.96. The highest BCUT2D eigenvalue weighted by atomic mass is 15.1. The van der Waals surface area contributed by atoms with E-state index in [0.717, 1.165) is 49.0 Å². The molecule has 0 aromatic carbocycles. The Labute approximate surface area is 111 Å². The van der Waals surface area contributed by atoms with Crippen molar-refractivity contribution in [1.82, 2.24) is 9.97 Å². The fourth-order valence-electron chi connectivity index (χ4n) is 1.62. The van der Waals surface area contributed by atoms with Crippen molar-refractivity contribution < 1.29 is 0 Å². The minimum absolute atomic E-state index is 0.343. The van der Waals surface area contributed by atoms with E-state index in [-0.39, 0.29) is 0 Å². The molecule has 0 amide bonds. The van der Waals surface area contributed by atoms with Crippen molar-refractivity contribution >= 4 is 11.6 Å². The standard InChI is InChI=1S/C14H26N4/c1-6-8-15-13-11(5)14(16-9-7-2)18-12(17-13)10(3)4/h10H,6-9H2,1-5H3,(H2,15,16,17,18). The van der Waals surface area contributed by atoms with E-state index in [2.05, 4.69) is 55.2 Å². The number of rotatable bonds is 7. The van der Waals surface area contributed by atoms with Crippen LogP contribution in [0.3, 0.4) is 0 Å². The summed E-state index contributed by atoms with van der Waals surface area (Å²) in [5.41, 5.74) is 1.11. The highest BCUT2D eigenvalue weighted by Crippen LogP contribution is 2.23. The van der Waals surface area contributed by atoms with Gasteiger partial charge in [0.15, 0.2) is 0 Å². The van der Waals surface area contributed by atoms with Crippen LogP contribution in [0.1, 0.15) is 57.8 Å². The van der Waals surface area contributed by atoms with Crippen molar-refractivity contribution in [3.63, 3.8) is 0 Å². The van der Waals surface area contributed by atoms with Crippen LogP contribution in [0.15, 0.2) is 0 Å². The maximum atomic E-state index is 4.62. The van der Waals surface area contributed by atoms with Crippen LogP contribution < -0.4 is 10.6 Å². The molecule has 4 nitrogen and oxygen atoms in total. The molecular weight excluding hydrogens is 224 g/mol. The number of nitrogens with zero attached hydrogens (tertiary/aromatic N) is 2. The molecule has 4 heteroatoms. The highest BCUT2D eigenvalue weighted by molar-refractivity contribution is 5.57. The zero-order valence-electron chi connectivity index (χ0n) is 12.3. The van der Waals surface area contributed by atoms with E-state index in [1.54, 1.807) is 0 Å². The summed E-state index contributed by atoms with van der Waals surface area (Å²) < 4.78 is 0. The van der Waals surface area contributed by atoms with Gasteiger partial charge in [0.25, 0.3) is 0 Å². The summed E-state index contributed by atoms with van der Waals surface area (Å²) in [5.74, 6) is 3.18. The quantitative estimate of drug-likeness (QED) is 0.777. The van der Waals surface area contributed by atoms with E-state index in [1.807, 2.05) is 0 Å². The molecule has 0 atom stereocenters. The first-order valence-electron chi connectivity index (χ1n) is 6.96. The molecule has 0 aliphatic rings. The van der Waals surface area contributed by atoms with Crippen molar-refractivity contribution in [2.45, 2.75) is 53.4 Å². The molecule has 0 radical (unpaired) electrons. The molecule has 0 bridgehead atoms. The Morgan fingerprint density at radius 1 is 0.944 bits per heavy atom. The van der Waals surface area contributed by atoms with E-state index < -0.39 is 0 Å². The first kappa shape index (κ1) is 14.7. The average molecular weight is 250 g/mol. The van der Waals surface area contributed by atoms with Crippen LogP contribution in [0.4, 0.5) is 11.6 Å². The Hall–Kier alpha value is -1.32. The molecule has 0 saturated carbocycles. The van der Waals surface area contributed by atoms with Crippen LogP contribution >= 0.6 is 0 Å². The number of aromatic nitrogens is 2. The molecule has 0 fully saturated rings. The van der Waals surface area contributed by atoms with Gasteiger partial charge in [-0.15, -0.1) is 0 Å². The van der Waals surface area contributed by atoms with Gasteiger partial charge < -0.3 is 10.6 Å². The van der Waals surface area contributed by atoms with Crippen LogP contribution in [0.2, 0.25) is 0 Å². The molecule has 1 heterocycles. The summed E-state index contributed by atoms with van der Waals surface area (Å²) in [4.78, 5) is 9.23. The number of nitrogens with one attached hydrogen (secondary N) is 2. The highest BCUT2D eigenvalue weighted by Gasteiger charge is 2.12. The van der Waals surface area contributed by atoms with Crippen molar-refractivity contribution in [2.24, 2.45) is 0 Å². The molecule has 0 saturated heterocycles. The predicted molar refractivity (Wildman–Crippen MR) is 78.4 cm³/mol. The topological polar surface area (TPSA) is 49.8 Å². The van der Waals surface area contributed by atoms with Gasteiger partial charge in [-0.3, -0.25) is 0 Å². The fraction of sp³-hybridized carbons (Fsp3) is 0.714. The molecule has 0 aliphatic heterocycles. The lowest BCUT2D eigenvalue weighted by Gasteiger charge is -2.16. The van der Waals surface area contributed by atoms with Crippen LogP contribution in [0.5, 0.6) is 0 Å². The summed E-state index contributed by atoms with van der Waals surface area (Å²) in [6.45, 7) is 12.5. The second kappa shape index (κ2) is 7.19. The third-order valence-electron chi connectivity index (χ3n) is 2.76. The van der Waals surface area contributed by atoms with Crippen molar-refractivity contribution in [3.05, 3.63) is 11.4 Å². The molecular formula is C14H26N4. The first-order chi connectivity index (χ1) is 8.60. The zero-order chi connectivity index (χ0) is 13.5. The minimum atomic E-state index is 0.343. The van der Waals surface area contributed by atoms with E-state index >= 15 is 0 Å². The largest absolute Gasteiger partial charge is 0.370 e. The molecule has 2 N–H and O–H groups in total. The lowest BCUT2D eigenvalue weighted by Crippen LogP contribution is -2.13. The minimum Gasteiger partial charge on any atom is -0.370 e. The Balaban J connectivity index is 3.03. The van der Waals surface area contributed by atoms with Gasteiger partial charge in [0.1, 0.15) is 17.5 Å². The smallest absolute Gasteiger partial charge is 0.135 e. The van der Waals surface area contributed by atoms with Gasteiger partial charge in [0.2, 0.25) is 0 Å². The lowest BCUT2D eigenvalue weighted by molar-refractivity contribution is 0.770. The second-order valence-corrected chi connectivity index (χ2v) is 4.91. The fourth-order valence-corrected chi connectivity index (χ4v) is 1.62. The van der Waals surface area contributed by atoms with Crippen LogP contribution in [0, 0.1) is 6.92 Å². The van der Waals surface area contributed by atoms with Gasteiger partial charge in [-0.2, -0.15) is 0 Å². The summed E-state index contributed by atoms with van der Waals surface area (Å²) in [5, 5.41) is 6.77. The zero-order valence-corrected chi connectivity index (χ0v) is 12.3. The van der Waals surface area contributed by atoms with Crippen molar-refractivity contribution in [2.75, 3.05) is 23.7 Å². The molecule has 0 unspecified atom stereocenters. The van der Waals surface area contributed by atoms with E-state index in [9.17, 15) is 0 Å². The SMILES string of the molecule is CCCNc1nc(C(C)C)nc(NCCC)c1C. The summed E-state index contributed by atoms with van der Waals surface area (Å²) in [6.07, 6.45) is 2.19. The number of anilines is 2. The van der Waals surface area contributed by atoms with E-state index in [1.165, 1.54) is 0 Å². The number of hydrogen-bond acceptors (Lipinski definition) is 4. The number of hydrogen-bond donors (Lipinski definition) is 2. The normalized spacial score (nSPS) is 10.8.